The van der Waals surface area contributed by atoms with Crippen molar-refractivity contribution in [3.8, 4) is 11.4 Å². The Morgan fingerprint density at radius 1 is 1.04 bits per heavy atom. The number of benzene rings is 2. The molecule has 0 saturated heterocycles. The fourth-order valence-electron chi connectivity index (χ4n) is 4.03. The van der Waals surface area contributed by atoms with E-state index in [4.69, 9.17) is 9.84 Å². The second-order valence-corrected chi connectivity index (χ2v) is 7.24. The van der Waals surface area contributed by atoms with Gasteiger partial charge in [0.2, 0.25) is 0 Å². The van der Waals surface area contributed by atoms with Gasteiger partial charge in [-0.2, -0.15) is 5.10 Å². The van der Waals surface area contributed by atoms with Gasteiger partial charge >= 0.3 is 0 Å². The molecule has 0 radical (unpaired) electrons. The third kappa shape index (κ3) is 2.71. The zero-order valence-electron chi connectivity index (χ0n) is 15.1. The Hall–Kier alpha value is -2.59. The number of ether oxygens (including phenoxy) is 1. The van der Waals surface area contributed by atoms with Crippen LogP contribution in [0.3, 0.4) is 0 Å². The SMILES string of the molecule is CC(c1ccc2c(c1)OCC2)N1CCc2nn(-c3ccccc3)cc2C1. The van der Waals surface area contributed by atoms with Gasteiger partial charge < -0.3 is 4.74 Å². The van der Waals surface area contributed by atoms with Gasteiger partial charge in [0.1, 0.15) is 5.75 Å². The number of aromatic nitrogens is 2. The number of para-hydroxylation sites is 1. The van der Waals surface area contributed by atoms with E-state index in [2.05, 4.69) is 60.5 Å². The van der Waals surface area contributed by atoms with Gasteiger partial charge in [0.15, 0.2) is 0 Å². The number of hydrogen-bond acceptors (Lipinski definition) is 3. The average Bonchev–Trinajstić information content (AvgIpc) is 3.33. The molecule has 0 bridgehead atoms. The van der Waals surface area contributed by atoms with E-state index >= 15 is 0 Å². The van der Waals surface area contributed by atoms with Crippen LogP contribution in [-0.2, 0) is 19.4 Å². The molecule has 2 aliphatic rings. The first-order valence-electron chi connectivity index (χ1n) is 9.40. The van der Waals surface area contributed by atoms with E-state index in [1.165, 1.54) is 22.4 Å². The molecular formula is C22H23N3O. The van der Waals surface area contributed by atoms with Gasteiger partial charge in [0, 0.05) is 43.7 Å². The molecule has 2 aromatic carbocycles. The minimum absolute atomic E-state index is 0.373. The number of rotatable bonds is 3. The molecule has 0 saturated carbocycles. The molecule has 1 unspecified atom stereocenters. The van der Waals surface area contributed by atoms with Gasteiger partial charge in [-0.1, -0.05) is 30.3 Å². The van der Waals surface area contributed by atoms with Crippen molar-refractivity contribution in [3.05, 3.63) is 77.1 Å². The lowest BCUT2D eigenvalue weighted by atomic mass is 10.0. The van der Waals surface area contributed by atoms with Gasteiger partial charge in [-0.25, -0.2) is 4.68 Å². The largest absolute Gasteiger partial charge is 0.493 e. The highest BCUT2D eigenvalue weighted by Crippen LogP contribution is 2.32. The predicted octanol–water partition coefficient (Wildman–Crippen LogP) is 3.93. The van der Waals surface area contributed by atoms with Crippen molar-refractivity contribution in [2.45, 2.75) is 32.4 Å². The van der Waals surface area contributed by atoms with Crippen LogP contribution in [0.5, 0.6) is 5.75 Å². The lowest BCUT2D eigenvalue weighted by Crippen LogP contribution is -2.32. The maximum atomic E-state index is 5.75. The molecule has 0 N–H and O–H groups in total. The zero-order valence-corrected chi connectivity index (χ0v) is 15.1. The first-order valence-corrected chi connectivity index (χ1v) is 9.40. The molecule has 4 heteroatoms. The monoisotopic (exact) mass is 345 g/mol. The normalized spacial score (nSPS) is 17.4. The van der Waals surface area contributed by atoms with E-state index in [0.717, 1.165) is 44.0 Å². The Kier molecular flexibility index (Phi) is 3.79. The highest BCUT2D eigenvalue weighted by Gasteiger charge is 2.25. The van der Waals surface area contributed by atoms with Crippen LogP contribution in [-0.4, -0.2) is 27.8 Å². The summed E-state index contributed by atoms with van der Waals surface area (Å²) in [6.07, 6.45) is 4.23. The van der Waals surface area contributed by atoms with Crippen LogP contribution in [0.2, 0.25) is 0 Å². The minimum atomic E-state index is 0.373. The Labute approximate surface area is 154 Å². The highest BCUT2D eigenvalue weighted by atomic mass is 16.5. The van der Waals surface area contributed by atoms with Crippen molar-refractivity contribution in [1.82, 2.24) is 14.7 Å². The lowest BCUT2D eigenvalue weighted by Gasteiger charge is -2.32. The third-order valence-corrected chi connectivity index (χ3v) is 5.66. The summed E-state index contributed by atoms with van der Waals surface area (Å²) in [6, 6.07) is 17.5. The van der Waals surface area contributed by atoms with Crippen molar-refractivity contribution in [1.29, 1.82) is 0 Å². The summed E-state index contributed by atoms with van der Waals surface area (Å²) < 4.78 is 7.77. The van der Waals surface area contributed by atoms with E-state index in [1.807, 2.05) is 10.7 Å². The fraction of sp³-hybridized carbons (Fsp3) is 0.318. The molecule has 2 aliphatic heterocycles. The molecule has 3 heterocycles. The minimum Gasteiger partial charge on any atom is -0.493 e. The molecule has 0 spiro atoms. The molecule has 5 rings (SSSR count). The lowest BCUT2D eigenvalue weighted by molar-refractivity contribution is 0.191. The van der Waals surface area contributed by atoms with Crippen LogP contribution >= 0.6 is 0 Å². The molecule has 0 fully saturated rings. The summed E-state index contributed by atoms with van der Waals surface area (Å²) in [7, 11) is 0. The molecule has 132 valence electrons. The molecule has 1 atom stereocenters. The third-order valence-electron chi connectivity index (χ3n) is 5.66. The summed E-state index contributed by atoms with van der Waals surface area (Å²) in [5.74, 6) is 1.07. The smallest absolute Gasteiger partial charge is 0.122 e. The first-order chi connectivity index (χ1) is 12.8. The number of nitrogens with zero attached hydrogens (tertiary/aromatic N) is 3. The quantitative estimate of drug-likeness (QED) is 0.721. The second kappa shape index (κ2) is 6.29. The molecule has 4 nitrogen and oxygen atoms in total. The molecule has 1 aromatic heterocycles. The van der Waals surface area contributed by atoms with Crippen LogP contribution in [0.1, 0.15) is 35.3 Å². The van der Waals surface area contributed by atoms with E-state index in [0.29, 0.717) is 6.04 Å². The zero-order chi connectivity index (χ0) is 17.5. The van der Waals surface area contributed by atoms with Gasteiger partial charge in [-0.3, -0.25) is 4.90 Å². The maximum absolute atomic E-state index is 5.75. The van der Waals surface area contributed by atoms with Crippen LogP contribution in [0.4, 0.5) is 0 Å². The molecule has 26 heavy (non-hydrogen) atoms. The van der Waals surface area contributed by atoms with Crippen molar-refractivity contribution in [2.75, 3.05) is 13.2 Å². The van der Waals surface area contributed by atoms with Crippen molar-refractivity contribution < 1.29 is 4.74 Å². The van der Waals surface area contributed by atoms with Gasteiger partial charge in [0.05, 0.1) is 18.0 Å². The standard InChI is InChI=1S/C22H23N3O/c1-16(18-8-7-17-10-12-26-22(17)13-18)24-11-9-21-19(14-24)15-25(23-21)20-5-3-2-4-6-20/h2-8,13,15-16H,9-12,14H2,1H3. The summed E-state index contributed by atoms with van der Waals surface area (Å²) in [5.41, 5.74) is 6.37. The van der Waals surface area contributed by atoms with Crippen LogP contribution in [0, 0.1) is 0 Å². The first kappa shape index (κ1) is 15.6. The predicted molar refractivity (Wildman–Crippen MR) is 102 cm³/mol. The molecule has 0 aliphatic carbocycles. The van der Waals surface area contributed by atoms with Crippen molar-refractivity contribution in [2.24, 2.45) is 0 Å². The second-order valence-electron chi connectivity index (χ2n) is 7.24. The average molecular weight is 345 g/mol. The van der Waals surface area contributed by atoms with Crippen LogP contribution in [0.25, 0.3) is 5.69 Å². The van der Waals surface area contributed by atoms with E-state index < -0.39 is 0 Å². The molecular weight excluding hydrogens is 322 g/mol. The van der Waals surface area contributed by atoms with E-state index in [1.54, 1.807) is 0 Å². The van der Waals surface area contributed by atoms with Gasteiger partial charge in [0.25, 0.3) is 0 Å². The van der Waals surface area contributed by atoms with Crippen LogP contribution < -0.4 is 4.74 Å². The van der Waals surface area contributed by atoms with E-state index in [-0.39, 0.29) is 0 Å². The topological polar surface area (TPSA) is 30.3 Å². The number of fused-ring (bicyclic) bond motifs is 2. The number of hydrogen-bond donors (Lipinski definition) is 0. The molecule has 3 aromatic rings. The summed E-state index contributed by atoms with van der Waals surface area (Å²) in [4.78, 5) is 2.54. The van der Waals surface area contributed by atoms with Crippen LogP contribution in [0.15, 0.2) is 54.7 Å². The van der Waals surface area contributed by atoms with Gasteiger partial charge in [-0.05, 0) is 36.2 Å². The summed E-state index contributed by atoms with van der Waals surface area (Å²) >= 11 is 0. The fourth-order valence-corrected chi connectivity index (χ4v) is 4.03. The maximum Gasteiger partial charge on any atom is 0.122 e. The van der Waals surface area contributed by atoms with E-state index in [9.17, 15) is 0 Å². The Balaban J connectivity index is 1.38. The summed E-state index contributed by atoms with van der Waals surface area (Å²) in [6.45, 7) is 5.10. The van der Waals surface area contributed by atoms with Crippen molar-refractivity contribution >= 4 is 0 Å². The summed E-state index contributed by atoms with van der Waals surface area (Å²) in [5, 5.41) is 4.80. The van der Waals surface area contributed by atoms with Crippen molar-refractivity contribution in [3.63, 3.8) is 0 Å². The Morgan fingerprint density at radius 2 is 1.92 bits per heavy atom. The van der Waals surface area contributed by atoms with Gasteiger partial charge in [-0.15, -0.1) is 0 Å². The molecule has 0 amide bonds. The highest BCUT2D eigenvalue weighted by molar-refractivity contribution is 5.41. The Bertz CT molecular complexity index is 932. The Morgan fingerprint density at radius 3 is 2.81 bits per heavy atom.